The molecule has 0 aliphatic carbocycles. The van der Waals surface area contributed by atoms with Crippen molar-refractivity contribution in [3.63, 3.8) is 0 Å². The van der Waals surface area contributed by atoms with Crippen LogP contribution in [0.2, 0.25) is 0 Å². The summed E-state index contributed by atoms with van der Waals surface area (Å²) in [6.45, 7) is 3.36. The zero-order valence-electron chi connectivity index (χ0n) is 14.7. The summed E-state index contributed by atoms with van der Waals surface area (Å²) in [7, 11) is 0. The Balaban J connectivity index is 1.97. The van der Waals surface area contributed by atoms with E-state index < -0.39 is 18.4 Å². The molecule has 27 heavy (non-hydrogen) atoms. The molecule has 0 saturated carbocycles. The maximum Gasteiger partial charge on any atom is 0.508 e. The van der Waals surface area contributed by atoms with Crippen molar-refractivity contribution >= 4 is 6.16 Å². The second-order valence-corrected chi connectivity index (χ2v) is 6.51. The predicted molar refractivity (Wildman–Crippen MR) is 93.1 cm³/mol. The molecule has 0 aromatic heterocycles. The summed E-state index contributed by atoms with van der Waals surface area (Å²) in [5.74, 6) is -0.812. The van der Waals surface area contributed by atoms with E-state index in [1.54, 1.807) is 13.8 Å². The first kappa shape index (κ1) is 18.5. The van der Waals surface area contributed by atoms with Crippen molar-refractivity contribution in [3.8, 4) is 28.7 Å². The van der Waals surface area contributed by atoms with Gasteiger partial charge in [-0.3, -0.25) is 0 Å². The van der Waals surface area contributed by atoms with Gasteiger partial charge in [0.25, 0.3) is 0 Å². The van der Waals surface area contributed by atoms with Crippen molar-refractivity contribution in [2.75, 3.05) is 0 Å². The highest BCUT2D eigenvalue weighted by atomic mass is 16.7. The molecule has 8 heteroatoms. The molecule has 1 aliphatic rings. The molecule has 2 unspecified atom stereocenters. The van der Waals surface area contributed by atoms with Gasteiger partial charge in [0.1, 0.15) is 17.2 Å². The normalized spacial score (nSPS) is 18.5. The lowest BCUT2D eigenvalue weighted by atomic mass is 9.93. The quantitative estimate of drug-likeness (QED) is 0.476. The van der Waals surface area contributed by atoms with Gasteiger partial charge in [-0.15, -0.1) is 0 Å². The van der Waals surface area contributed by atoms with E-state index in [4.69, 9.17) is 14.2 Å². The smallest absolute Gasteiger partial charge is 0.508 e. The van der Waals surface area contributed by atoms with E-state index in [1.807, 2.05) is 0 Å². The molecule has 8 nitrogen and oxygen atoms in total. The Bertz CT molecular complexity index is 861. The van der Waals surface area contributed by atoms with Crippen molar-refractivity contribution in [2.45, 2.75) is 38.6 Å². The zero-order chi connectivity index (χ0) is 19.7. The monoisotopic (exact) mass is 376 g/mol. The van der Waals surface area contributed by atoms with Gasteiger partial charge in [-0.05, 0) is 26.0 Å². The second kappa shape index (κ2) is 7.14. The zero-order valence-corrected chi connectivity index (χ0v) is 14.7. The molecular weight excluding hydrogens is 356 g/mol. The van der Waals surface area contributed by atoms with Crippen molar-refractivity contribution in [1.29, 1.82) is 0 Å². The van der Waals surface area contributed by atoms with Crippen LogP contribution in [0.3, 0.4) is 0 Å². The van der Waals surface area contributed by atoms with Crippen LogP contribution in [0.1, 0.15) is 31.1 Å². The van der Waals surface area contributed by atoms with Crippen LogP contribution >= 0.6 is 0 Å². The highest BCUT2D eigenvalue weighted by molar-refractivity contribution is 5.61. The Morgan fingerprint density at radius 3 is 2.48 bits per heavy atom. The Labute approximate surface area is 155 Å². The summed E-state index contributed by atoms with van der Waals surface area (Å²) in [6.07, 6.45) is -2.90. The molecular formula is C19H20O8. The minimum atomic E-state index is -0.895. The molecule has 0 saturated heterocycles. The number of phenols is 4. The molecule has 0 fully saturated rings. The number of carbonyl (C=O) groups is 1. The molecule has 0 amide bonds. The van der Waals surface area contributed by atoms with Crippen LogP contribution in [0.25, 0.3) is 0 Å². The molecule has 4 N–H and O–H groups in total. The Kier molecular flexibility index (Phi) is 4.89. The number of rotatable bonds is 3. The Morgan fingerprint density at radius 1 is 1.07 bits per heavy atom. The van der Waals surface area contributed by atoms with Crippen LogP contribution in [0, 0.1) is 0 Å². The number of carbonyl (C=O) groups excluding carboxylic acids is 1. The molecule has 2 atom stereocenters. The largest absolute Gasteiger partial charge is 0.508 e. The fourth-order valence-electron chi connectivity index (χ4n) is 2.90. The van der Waals surface area contributed by atoms with Gasteiger partial charge in [0.15, 0.2) is 23.7 Å². The van der Waals surface area contributed by atoms with Gasteiger partial charge in [-0.1, -0.05) is 6.07 Å². The Morgan fingerprint density at radius 2 is 1.81 bits per heavy atom. The summed E-state index contributed by atoms with van der Waals surface area (Å²) in [4.78, 5) is 12.0. The molecule has 2 aromatic rings. The van der Waals surface area contributed by atoms with E-state index in [2.05, 4.69) is 0 Å². The lowest BCUT2D eigenvalue weighted by Gasteiger charge is -2.33. The summed E-state index contributed by atoms with van der Waals surface area (Å²) in [5.41, 5.74) is 0.801. The van der Waals surface area contributed by atoms with E-state index >= 15 is 0 Å². The highest BCUT2D eigenvalue weighted by Crippen LogP contribution is 2.43. The number of phenolic OH excluding ortho intramolecular Hbond substituents is 4. The average molecular weight is 376 g/mol. The number of aromatic hydroxyl groups is 4. The van der Waals surface area contributed by atoms with E-state index in [9.17, 15) is 25.2 Å². The predicted octanol–water partition coefficient (Wildman–Crippen LogP) is 3.12. The lowest BCUT2D eigenvalue weighted by Crippen LogP contribution is -2.35. The molecule has 0 spiro atoms. The van der Waals surface area contributed by atoms with Crippen molar-refractivity contribution in [1.82, 2.24) is 0 Å². The van der Waals surface area contributed by atoms with Gasteiger partial charge in [0, 0.05) is 29.7 Å². The fraction of sp³-hybridized carbons (Fsp3) is 0.316. The minimum Gasteiger partial charge on any atom is -0.508 e. The SMILES string of the molecule is CC(C)OC(=O)OC1Cc2c(O)cc(O)cc2OC1c1ccc(O)c(O)c1. The third-order valence-electron chi connectivity index (χ3n) is 4.07. The first-order valence-corrected chi connectivity index (χ1v) is 8.35. The van der Waals surface area contributed by atoms with Crippen LogP contribution in [-0.4, -0.2) is 38.8 Å². The molecule has 0 bridgehead atoms. The molecule has 1 heterocycles. The van der Waals surface area contributed by atoms with Crippen LogP contribution in [0.4, 0.5) is 4.79 Å². The number of fused-ring (bicyclic) bond motifs is 1. The minimum absolute atomic E-state index is 0.0982. The molecule has 1 aliphatic heterocycles. The first-order chi connectivity index (χ1) is 12.7. The third-order valence-corrected chi connectivity index (χ3v) is 4.07. The third kappa shape index (κ3) is 3.94. The van der Waals surface area contributed by atoms with Crippen LogP contribution in [0.15, 0.2) is 30.3 Å². The summed E-state index contributed by atoms with van der Waals surface area (Å²) >= 11 is 0. The Hall–Kier alpha value is -3.29. The van der Waals surface area contributed by atoms with E-state index in [-0.39, 0.29) is 41.3 Å². The average Bonchev–Trinajstić information content (AvgIpc) is 2.56. The summed E-state index contributed by atoms with van der Waals surface area (Å²) in [6, 6.07) is 6.59. The van der Waals surface area contributed by atoms with Crippen molar-refractivity contribution < 1.29 is 39.4 Å². The van der Waals surface area contributed by atoms with Crippen LogP contribution < -0.4 is 4.74 Å². The van der Waals surface area contributed by atoms with Gasteiger partial charge >= 0.3 is 6.16 Å². The fourth-order valence-corrected chi connectivity index (χ4v) is 2.90. The van der Waals surface area contributed by atoms with Gasteiger partial charge in [-0.2, -0.15) is 0 Å². The number of hydrogen-bond donors (Lipinski definition) is 4. The van der Waals surface area contributed by atoms with Crippen molar-refractivity contribution in [3.05, 3.63) is 41.5 Å². The first-order valence-electron chi connectivity index (χ1n) is 8.35. The number of benzene rings is 2. The summed E-state index contributed by atoms with van der Waals surface area (Å²) < 4.78 is 16.2. The number of hydrogen-bond acceptors (Lipinski definition) is 8. The summed E-state index contributed by atoms with van der Waals surface area (Å²) in [5, 5.41) is 39.1. The van der Waals surface area contributed by atoms with Gasteiger partial charge in [0.05, 0.1) is 6.10 Å². The van der Waals surface area contributed by atoms with Crippen LogP contribution in [0.5, 0.6) is 28.7 Å². The van der Waals surface area contributed by atoms with Gasteiger partial charge in [0.2, 0.25) is 0 Å². The van der Waals surface area contributed by atoms with E-state index in [1.165, 1.54) is 30.3 Å². The highest BCUT2D eigenvalue weighted by Gasteiger charge is 2.37. The lowest BCUT2D eigenvalue weighted by molar-refractivity contribution is -0.0407. The van der Waals surface area contributed by atoms with E-state index in [0.29, 0.717) is 11.1 Å². The molecule has 144 valence electrons. The molecule has 2 aromatic carbocycles. The maximum atomic E-state index is 12.0. The van der Waals surface area contributed by atoms with Gasteiger partial charge < -0.3 is 34.6 Å². The standard InChI is InChI=1S/C19H20O8/c1-9(2)25-19(24)27-17-8-12-14(22)6-11(20)7-16(12)26-18(17)10-3-4-13(21)15(23)5-10/h3-7,9,17-18,20-23H,8H2,1-2H3. The second-order valence-electron chi connectivity index (χ2n) is 6.51. The maximum absolute atomic E-state index is 12.0. The number of ether oxygens (including phenoxy) is 3. The van der Waals surface area contributed by atoms with E-state index in [0.717, 1.165) is 0 Å². The van der Waals surface area contributed by atoms with Crippen LogP contribution in [-0.2, 0) is 15.9 Å². The van der Waals surface area contributed by atoms with Gasteiger partial charge in [-0.25, -0.2) is 4.79 Å². The van der Waals surface area contributed by atoms with Crippen molar-refractivity contribution in [2.24, 2.45) is 0 Å². The molecule has 3 rings (SSSR count). The molecule has 0 radical (unpaired) electrons. The topological polar surface area (TPSA) is 126 Å².